The van der Waals surface area contributed by atoms with E-state index in [2.05, 4.69) is 135 Å². The van der Waals surface area contributed by atoms with E-state index in [1.54, 1.807) is 0 Å². The highest BCUT2D eigenvalue weighted by Gasteiger charge is 2.22. The van der Waals surface area contributed by atoms with Crippen LogP contribution in [0.1, 0.15) is 245 Å². The second-order valence-electron chi connectivity index (χ2n) is 21.7. The van der Waals surface area contributed by atoms with Crippen molar-refractivity contribution in [3.05, 3.63) is 122 Å². The monoisotopic (exact) mass is 1110 g/mol. The van der Waals surface area contributed by atoms with Crippen molar-refractivity contribution in [3.8, 4) is 0 Å². The van der Waals surface area contributed by atoms with Crippen LogP contribution in [0.15, 0.2) is 122 Å². The molecule has 0 heterocycles. The second kappa shape index (κ2) is 58.1. The molecular formula is C68H116NO8P. The molecule has 0 saturated heterocycles. The highest BCUT2D eigenvalue weighted by molar-refractivity contribution is 7.45. The first-order chi connectivity index (χ1) is 38.0. The summed E-state index contributed by atoms with van der Waals surface area (Å²) in [7, 11) is 1.14. The van der Waals surface area contributed by atoms with Crippen molar-refractivity contribution in [1.29, 1.82) is 0 Å². The number of carbonyl (C=O) groups excluding carboxylic acids is 2. The Morgan fingerprint density at radius 1 is 0.397 bits per heavy atom. The fourth-order valence-electron chi connectivity index (χ4n) is 8.24. The van der Waals surface area contributed by atoms with Gasteiger partial charge >= 0.3 is 11.9 Å². The van der Waals surface area contributed by atoms with Crippen molar-refractivity contribution < 1.29 is 42.1 Å². The summed E-state index contributed by atoms with van der Waals surface area (Å²) in [6.45, 7) is 4.00. The Kier molecular flexibility index (Phi) is 55.4. The molecule has 0 radical (unpaired) electrons. The zero-order valence-electron chi connectivity index (χ0n) is 50.6. The molecule has 0 spiro atoms. The van der Waals surface area contributed by atoms with Crippen molar-refractivity contribution in [2.45, 2.75) is 251 Å². The molecule has 0 aliphatic carbocycles. The van der Waals surface area contributed by atoms with E-state index in [-0.39, 0.29) is 32.0 Å². The number of quaternary nitrogens is 1. The topological polar surface area (TPSA) is 111 Å². The third kappa shape index (κ3) is 61.6. The molecule has 0 aromatic carbocycles. The van der Waals surface area contributed by atoms with Crippen LogP contribution in [0.5, 0.6) is 0 Å². The van der Waals surface area contributed by atoms with Crippen LogP contribution in [0.2, 0.25) is 0 Å². The normalized spacial score (nSPS) is 14.1. The van der Waals surface area contributed by atoms with E-state index >= 15 is 0 Å². The standard InChI is InChI=1S/C68H116NO8P/c1-6-8-10-12-14-16-18-20-22-24-26-28-30-32-33-34-35-37-38-40-42-44-46-48-50-52-54-56-58-60-67(70)74-64-66(65-76-78(72,73)75-63-62-69(3,4)5)77-68(71)61-59-57-55-53-51-49-47-45-43-41-39-36-31-29-27-25-23-21-19-17-15-13-11-9-7-2/h8-11,14-17,20-23,26-29,36,39,43,45,66H,6-7,12-13,18-19,24-25,30-35,37-38,40-42,44,46-65H2,1-5H3/b10-8-,11-9-,16-14-,17-15-,22-20-,23-21-,28-26-,29-27-,39-36-,45-43-. The van der Waals surface area contributed by atoms with Gasteiger partial charge in [0.1, 0.15) is 19.8 Å². The van der Waals surface area contributed by atoms with Crippen LogP contribution in [-0.4, -0.2) is 70.0 Å². The summed E-state index contributed by atoms with van der Waals surface area (Å²) in [5.74, 6) is -0.853. The van der Waals surface area contributed by atoms with Gasteiger partial charge in [0.05, 0.1) is 27.7 Å². The Hall–Kier alpha value is -3.59. The van der Waals surface area contributed by atoms with Gasteiger partial charge in [-0.1, -0.05) is 251 Å². The zero-order chi connectivity index (χ0) is 57.0. The summed E-state index contributed by atoms with van der Waals surface area (Å²) in [5, 5.41) is 0. The summed E-state index contributed by atoms with van der Waals surface area (Å²) in [5.41, 5.74) is 0. The molecule has 10 heteroatoms. The summed E-state index contributed by atoms with van der Waals surface area (Å²) in [6, 6.07) is 0. The first-order valence-corrected chi connectivity index (χ1v) is 32.7. The zero-order valence-corrected chi connectivity index (χ0v) is 51.5. The van der Waals surface area contributed by atoms with Crippen molar-refractivity contribution in [2.24, 2.45) is 0 Å². The molecule has 0 fully saturated rings. The summed E-state index contributed by atoms with van der Waals surface area (Å²) >= 11 is 0. The lowest BCUT2D eigenvalue weighted by molar-refractivity contribution is -0.870. The number of rotatable bonds is 56. The van der Waals surface area contributed by atoms with Crippen molar-refractivity contribution >= 4 is 19.8 Å². The Labute approximate surface area is 479 Å². The number of phosphoric acid groups is 1. The number of likely N-dealkylation sites (N-methyl/N-ethyl adjacent to an activating group) is 1. The number of allylic oxidation sites excluding steroid dienone is 20. The Morgan fingerprint density at radius 2 is 0.692 bits per heavy atom. The van der Waals surface area contributed by atoms with E-state index in [1.807, 2.05) is 21.1 Å². The molecule has 9 nitrogen and oxygen atoms in total. The molecule has 78 heavy (non-hydrogen) atoms. The number of hydrogen-bond acceptors (Lipinski definition) is 8. The van der Waals surface area contributed by atoms with E-state index in [0.717, 1.165) is 122 Å². The fraction of sp³-hybridized carbons (Fsp3) is 0.676. The van der Waals surface area contributed by atoms with Gasteiger partial charge in [-0.3, -0.25) is 14.2 Å². The van der Waals surface area contributed by atoms with Crippen molar-refractivity contribution in [2.75, 3.05) is 47.5 Å². The number of carbonyl (C=O) groups is 2. The first kappa shape index (κ1) is 74.4. The van der Waals surface area contributed by atoms with E-state index < -0.39 is 26.5 Å². The lowest BCUT2D eigenvalue weighted by Crippen LogP contribution is -2.37. The number of unbranched alkanes of at least 4 members (excludes halogenated alkanes) is 22. The van der Waals surface area contributed by atoms with Gasteiger partial charge < -0.3 is 27.9 Å². The third-order valence-electron chi connectivity index (χ3n) is 13.0. The van der Waals surface area contributed by atoms with Crippen LogP contribution in [0.3, 0.4) is 0 Å². The van der Waals surface area contributed by atoms with Crippen LogP contribution < -0.4 is 4.89 Å². The SMILES string of the molecule is CC/C=C\C/C=C\C/C=C\C/C=C\C/C=C\C/C=C\CCCCCCCCC(=O)OC(COC(=O)CCCCCCCCCCCCCCCCCC/C=C\C/C=C\C/C=C\C/C=C\CC)COP(=O)([O-])OCC[N+](C)(C)C. The summed E-state index contributed by atoms with van der Waals surface area (Å²) < 4.78 is 34.2. The highest BCUT2D eigenvalue weighted by Crippen LogP contribution is 2.38. The Balaban J connectivity index is 4.16. The van der Waals surface area contributed by atoms with Gasteiger partial charge in [-0.25, -0.2) is 0 Å². The molecule has 0 N–H and O–H groups in total. The van der Waals surface area contributed by atoms with E-state index in [4.69, 9.17) is 18.5 Å². The van der Waals surface area contributed by atoms with Gasteiger partial charge in [-0.2, -0.15) is 0 Å². The molecule has 446 valence electrons. The molecule has 2 unspecified atom stereocenters. The molecule has 0 aliphatic heterocycles. The van der Waals surface area contributed by atoms with Gasteiger partial charge in [0.2, 0.25) is 0 Å². The van der Waals surface area contributed by atoms with Crippen molar-refractivity contribution in [1.82, 2.24) is 0 Å². The van der Waals surface area contributed by atoms with Crippen LogP contribution in [-0.2, 0) is 32.7 Å². The second-order valence-corrected chi connectivity index (χ2v) is 23.1. The molecule has 0 aromatic heterocycles. The molecular weight excluding hydrogens is 990 g/mol. The molecule has 0 aromatic rings. The Bertz CT molecular complexity index is 1730. The van der Waals surface area contributed by atoms with E-state index in [1.165, 1.54) is 89.9 Å². The molecule has 0 amide bonds. The van der Waals surface area contributed by atoms with Gasteiger partial charge in [-0.15, -0.1) is 0 Å². The van der Waals surface area contributed by atoms with Gasteiger partial charge in [0.15, 0.2) is 6.10 Å². The van der Waals surface area contributed by atoms with Crippen LogP contribution >= 0.6 is 7.82 Å². The maximum absolute atomic E-state index is 12.8. The average molecular weight is 1110 g/mol. The average Bonchev–Trinajstić information content (AvgIpc) is 3.40. The predicted molar refractivity (Wildman–Crippen MR) is 332 cm³/mol. The van der Waals surface area contributed by atoms with E-state index in [9.17, 15) is 19.0 Å². The van der Waals surface area contributed by atoms with Gasteiger partial charge in [-0.05, 0) is 103 Å². The smallest absolute Gasteiger partial charge is 0.306 e. The van der Waals surface area contributed by atoms with Crippen LogP contribution in [0, 0.1) is 0 Å². The maximum Gasteiger partial charge on any atom is 0.306 e. The fourth-order valence-corrected chi connectivity index (χ4v) is 8.97. The van der Waals surface area contributed by atoms with E-state index in [0.29, 0.717) is 17.4 Å². The number of phosphoric ester groups is 1. The highest BCUT2D eigenvalue weighted by atomic mass is 31.2. The maximum atomic E-state index is 12.8. The number of hydrogen-bond donors (Lipinski definition) is 0. The third-order valence-corrected chi connectivity index (χ3v) is 13.9. The lowest BCUT2D eigenvalue weighted by atomic mass is 10.0. The lowest BCUT2D eigenvalue weighted by Gasteiger charge is -2.28. The minimum Gasteiger partial charge on any atom is -0.756 e. The molecule has 0 saturated carbocycles. The van der Waals surface area contributed by atoms with Gasteiger partial charge in [0, 0.05) is 12.8 Å². The minimum absolute atomic E-state index is 0.0396. The first-order valence-electron chi connectivity index (χ1n) is 31.2. The quantitative estimate of drug-likeness (QED) is 0.0195. The summed E-state index contributed by atoms with van der Waals surface area (Å²) in [6.07, 6.45) is 82.5. The molecule has 0 rings (SSSR count). The van der Waals surface area contributed by atoms with Crippen molar-refractivity contribution in [3.63, 3.8) is 0 Å². The van der Waals surface area contributed by atoms with Crippen LogP contribution in [0.4, 0.5) is 0 Å². The minimum atomic E-state index is -4.65. The number of nitrogens with zero attached hydrogens (tertiary/aromatic N) is 1. The largest absolute Gasteiger partial charge is 0.756 e. The number of esters is 2. The predicted octanol–water partition coefficient (Wildman–Crippen LogP) is 19.3. The van der Waals surface area contributed by atoms with Gasteiger partial charge in [0.25, 0.3) is 7.82 Å². The summed E-state index contributed by atoms with van der Waals surface area (Å²) in [4.78, 5) is 38.0. The molecule has 0 bridgehead atoms. The number of ether oxygens (including phenoxy) is 2. The molecule has 2 atom stereocenters. The molecule has 0 aliphatic rings. The Morgan fingerprint density at radius 3 is 1.03 bits per heavy atom. The van der Waals surface area contributed by atoms with Crippen LogP contribution in [0.25, 0.3) is 0 Å².